The van der Waals surface area contributed by atoms with Gasteiger partial charge in [-0.15, -0.1) is 0 Å². The van der Waals surface area contributed by atoms with Gasteiger partial charge in [0.15, 0.2) is 0 Å². The third-order valence-electron chi connectivity index (χ3n) is 5.07. The monoisotopic (exact) mass is 237 g/mol. The van der Waals surface area contributed by atoms with E-state index in [1.807, 2.05) is 0 Å². The van der Waals surface area contributed by atoms with Crippen LogP contribution in [0.4, 0.5) is 0 Å². The van der Waals surface area contributed by atoms with Crippen LogP contribution in [0.25, 0.3) is 0 Å². The quantitative estimate of drug-likeness (QED) is 0.738. The average molecular weight is 237 g/mol. The van der Waals surface area contributed by atoms with Crippen molar-refractivity contribution < 1.29 is 0 Å². The molecular formula is C14H27N3. The summed E-state index contributed by atoms with van der Waals surface area (Å²) in [6.07, 6.45) is 7.04. The van der Waals surface area contributed by atoms with E-state index in [4.69, 9.17) is 0 Å². The second kappa shape index (κ2) is 5.25. The third-order valence-corrected chi connectivity index (χ3v) is 5.07. The van der Waals surface area contributed by atoms with Gasteiger partial charge >= 0.3 is 0 Å². The molecule has 3 nitrogen and oxygen atoms in total. The summed E-state index contributed by atoms with van der Waals surface area (Å²) in [5.74, 6) is 0.949. The van der Waals surface area contributed by atoms with Gasteiger partial charge in [0.2, 0.25) is 0 Å². The average Bonchev–Trinajstić information content (AvgIpc) is 2.65. The lowest BCUT2D eigenvalue weighted by Gasteiger charge is -2.26. The van der Waals surface area contributed by atoms with E-state index in [1.165, 1.54) is 64.8 Å². The molecule has 98 valence electrons. The van der Waals surface area contributed by atoms with Crippen molar-refractivity contribution in [3.05, 3.63) is 0 Å². The number of hydrogen-bond acceptors (Lipinski definition) is 3. The highest BCUT2D eigenvalue weighted by atomic mass is 15.2. The summed E-state index contributed by atoms with van der Waals surface area (Å²) in [4.78, 5) is 5.30. The van der Waals surface area contributed by atoms with Gasteiger partial charge in [0, 0.05) is 25.2 Å². The summed E-state index contributed by atoms with van der Waals surface area (Å²) >= 11 is 0. The van der Waals surface area contributed by atoms with Crippen molar-refractivity contribution in [2.45, 2.75) is 44.2 Å². The first kappa shape index (κ1) is 11.9. The van der Waals surface area contributed by atoms with E-state index in [0.717, 1.165) is 18.0 Å². The molecule has 3 unspecified atom stereocenters. The standard InChI is InChI=1S/C14H27N3/c1-16-8-3-5-13(6-9-16)17-10-12-4-2-7-15-14(12)11-17/h12-15H,2-11H2,1H3. The van der Waals surface area contributed by atoms with Crippen molar-refractivity contribution in [3.8, 4) is 0 Å². The highest BCUT2D eigenvalue weighted by Gasteiger charge is 2.37. The molecule has 3 aliphatic heterocycles. The molecule has 3 heterocycles. The van der Waals surface area contributed by atoms with E-state index in [9.17, 15) is 0 Å². The number of piperidine rings is 1. The van der Waals surface area contributed by atoms with Crippen molar-refractivity contribution >= 4 is 0 Å². The summed E-state index contributed by atoms with van der Waals surface area (Å²) in [5.41, 5.74) is 0. The second-order valence-corrected chi connectivity index (χ2v) is 6.30. The Balaban J connectivity index is 1.57. The van der Waals surface area contributed by atoms with Crippen LogP contribution in [0.5, 0.6) is 0 Å². The minimum absolute atomic E-state index is 0.810. The first-order valence-corrected chi connectivity index (χ1v) is 7.49. The summed E-state index contributed by atoms with van der Waals surface area (Å²) in [6, 6.07) is 1.68. The molecule has 3 heteroatoms. The lowest BCUT2D eigenvalue weighted by molar-refractivity contribution is 0.210. The lowest BCUT2D eigenvalue weighted by atomic mass is 9.94. The summed E-state index contributed by atoms with van der Waals surface area (Å²) in [7, 11) is 2.27. The van der Waals surface area contributed by atoms with E-state index in [0.29, 0.717) is 0 Å². The van der Waals surface area contributed by atoms with Crippen LogP contribution in [-0.2, 0) is 0 Å². The van der Waals surface area contributed by atoms with Crippen LogP contribution in [0, 0.1) is 5.92 Å². The maximum Gasteiger partial charge on any atom is 0.0235 e. The Hall–Kier alpha value is -0.120. The van der Waals surface area contributed by atoms with Crippen LogP contribution in [0.3, 0.4) is 0 Å². The minimum atomic E-state index is 0.810. The molecule has 3 saturated heterocycles. The number of nitrogens with one attached hydrogen (secondary N) is 1. The Morgan fingerprint density at radius 1 is 1.00 bits per heavy atom. The molecule has 3 rings (SSSR count). The zero-order valence-electron chi connectivity index (χ0n) is 11.2. The van der Waals surface area contributed by atoms with E-state index in [2.05, 4.69) is 22.2 Å². The molecule has 17 heavy (non-hydrogen) atoms. The summed E-state index contributed by atoms with van der Waals surface area (Å²) < 4.78 is 0. The normalized spacial score (nSPS) is 41.1. The Kier molecular flexibility index (Phi) is 3.69. The van der Waals surface area contributed by atoms with Crippen LogP contribution in [0.1, 0.15) is 32.1 Å². The highest BCUT2D eigenvalue weighted by Crippen LogP contribution is 2.29. The fraction of sp³-hybridized carbons (Fsp3) is 1.00. The number of likely N-dealkylation sites (tertiary alicyclic amines) is 2. The number of rotatable bonds is 1. The Morgan fingerprint density at radius 3 is 2.82 bits per heavy atom. The molecular weight excluding hydrogens is 210 g/mol. The SMILES string of the molecule is CN1CCCC(N2CC3CCCNC3C2)CC1. The second-order valence-electron chi connectivity index (χ2n) is 6.30. The van der Waals surface area contributed by atoms with Crippen LogP contribution in [0.2, 0.25) is 0 Å². The summed E-state index contributed by atoms with van der Waals surface area (Å²) in [5, 5.41) is 3.72. The third kappa shape index (κ3) is 2.67. The van der Waals surface area contributed by atoms with Crippen LogP contribution >= 0.6 is 0 Å². The molecule has 0 bridgehead atoms. The molecule has 0 saturated carbocycles. The largest absolute Gasteiger partial charge is 0.312 e. The van der Waals surface area contributed by atoms with E-state index < -0.39 is 0 Å². The van der Waals surface area contributed by atoms with Gasteiger partial charge in [0.1, 0.15) is 0 Å². The van der Waals surface area contributed by atoms with Gasteiger partial charge in [0.25, 0.3) is 0 Å². The molecule has 0 aromatic rings. The zero-order chi connectivity index (χ0) is 11.7. The Bertz CT molecular complexity index is 242. The number of nitrogens with zero attached hydrogens (tertiary/aromatic N) is 2. The van der Waals surface area contributed by atoms with Gasteiger partial charge in [-0.2, -0.15) is 0 Å². The van der Waals surface area contributed by atoms with Crippen molar-refractivity contribution in [3.63, 3.8) is 0 Å². The first-order valence-electron chi connectivity index (χ1n) is 7.49. The topological polar surface area (TPSA) is 18.5 Å². The predicted molar refractivity (Wildman–Crippen MR) is 71.2 cm³/mol. The van der Waals surface area contributed by atoms with E-state index >= 15 is 0 Å². The fourth-order valence-electron chi connectivity index (χ4n) is 3.97. The van der Waals surface area contributed by atoms with Gasteiger partial charge in [-0.25, -0.2) is 0 Å². The molecule has 0 radical (unpaired) electrons. The van der Waals surface area contributed by atoms with Crippen molar-refractivity contribution in [1.29, 1.82) is 0 Å². The molecule has 0 aromatic carbocycles. The Morgan fingerprint density at radius 2 is 1.94 bits per heavy atom. The molecule has 0 spiro atoms. The predicted octanol–water partition coefficient (Wildman–Crippen LogP) is 1.15. The zero-order valence-corrected chi connectivity index (χ0v) is 11.2. The maximum atomic E-state index is 3.72. The lowest BCUT2D eigenvalue weighted by Crippen LogP contribution is -2.41. The van der Waals surface area contributed by atoms with Crippen LogP contribution < -0.4 is 5.32 Å². The van der Waals surface area contributed by atoms with Gasteiger partial charge in [0.05, 0.1) is 0 Å². The van der Waals surface area contributed by atoms with Gasteiger partial charge in [-0.1, -0.05) is 0 Å². The molecule has 3 fully saturated rings. The van der Waals surface area contributed by atoms with Gasteiger partial charge in [-0.3, -0.25) is 4.90 Å². The van der Waals surface area contributed by atoms with Crippen molar-refractivity contribution in [2.24, 2.45) is 5.92 Å². The first-order chi connectivity index (χ1) is 8.33. The Labute approximate surface area is 106 Å². The molecule has 0 aromatic heterocycles. The fourth-order valence-corrected chi connectivity index (χ4v) is 3.97. The number of fused-ring (bicyclic) bond motifs is 1. The smallest absolute Gasteiger partial charge is 0.0235 e. The molecule has 0 aliphatic carbocycles. The van der Waals surface area contributed by atoms with E-state index in [-0.39, 0.29) is 0 Å². The molecule has 0 amide bonds. The van der Waals surface area contributed by atoms with Crippen molar-refractivity contribution in [2.75, 3.05) is 39.8 Å². The number of hydrogen-bond donors (Lipinski definition) is 1. The minimum Gasteiger partial charge on any atom is -0.312 e. The van der Waals surface area contributed by atoms with E-state index in [1.54, 1.807) is 0 Å². The maximum absolute atomic E-state index is 3.72. The highest BCUT2D eigenvalue weighted by molar-refractivity contribution is 4.94. The van der Waals surface area contributed by atoms with Crippen LogP contribution in [-0.4, -0.2) is 61.7 Å². The van der Waals surface area contributed by atoms with Crippen molar-refractivity contribution in [1.82, 2.24) is 15.1 Å². The molecule has 3 atom stereocenters. The molecule has 3 aliphatic rings. The van der Waals surface area contributed by atoms with Gasteiger partial charge < -0.3 is 10.2 Å². The molecule has 1 N–H and O–H groups in total. The van der Waals surface area contributed by atoms with Crippen LogP contribution in [0.15, 0.2) is 0 Å². The van der Waals surface area contributed by atoms with Gasteiger partial charge in [-0.05, 0) is 64.7 Å². The summed E-state index contributed by atoms with van der Waals surface area (Å²) in [6.45, 7) is 6.53.